The molecule has 1 aliphatic carbocycles. The van der Waals surface area contributed by atoms with Gasteiger partial charge in [0.15, 0.2) is 0 Å². The normalized spacial score (nSPS) is 29.3. The van der Waals surface area contributed by atoms with Crippen molar-refractivity contribution < 1.29 is 9.18 Å². The minimum Gasteiger partial charge on any atom is -0.353 e. The summed E-state index contributed by atoms with van der Waals surface area (Å²) in [6.07, 6.45) is 0.277. The topological polar surface area (TPSA) is 29.1 Å². The van der Waals surface area contributed by atoms with Gasteiger partial charge in [0.2, 0.25) is 5.91 Å². The van der Waals surface area contributed by atoms with Gasteiger partial charge in [0.25, 0.3) is 0 Å². The molecule has 1 fully saturated rings. The number of halogens is 1. The fourth-order valence-corrected chi connectivity index (χ4v) is 1.07. The van der Waals surface area contributed by atoms with Crippen molar-refractivity contribution in [2.75, 3.05) is 0 Å². The zero-order valence-electron chi connectivity index (χ0n) is 7.86. The maximum Gasteiger partial charge on any atom is 0.225 e. The Labute approximate surface area is 72.5 Å². The minimum absolute atomic E-state index is 0.0133. The van der Waals surface area contributed by atoms with Gasteiger partial charge in [-0.3, -0.25) is 4.79 Å². The van der Waals surface area contributed by atoms with E-state index in [0.29, 0.717) is 12.8 Å². The quantitative estimate of drug-likeness (QED) is 0.641. The summed E-state index contributed by atoms with van der Waals surface area (Å²) in [5.74, 6) is 0.0133. The third-order valence-electron chi connectivity index (χ3n) is 2.10. The number of hydrogen-bond donors (Lipinski definition) is 1. The van der Waals surface area contributed by atoms with Crippen molar-refractivity contribution in [2.45, 2.75) is 45.8 Å². The fraction of sp³-hybridized carbons (Fsp3) is 0.889. The van der Waals surface area contributed by atoms with Gasteiger partial charge >= 0.3 is 0 Å². The van der Waals surface area contributed by atoms with Gasteiger partial charge in [-0.05, 0) is 12.8 Å². The van der Waals surface area contributed by atoms with Crippen LogP contribution in [0.3, 0.4) is 0 Å². The largest absolute Gasteiger partial charge is 0.353 e. The Morgan fingerprint density at radius 1 is 1.42 bits per heavy atom. The number of rotatable bonds is 1. The van der Waals surface area contributed by atoms with Crippen LogP contribution in [0.5, 0.6) is 0 Å². The van der Waals surface area contributed by atoms with Gasteiger partial charge in [-0.2, -0.15) is 0 Å². The molecule has 0 bridgehead atoms. The molecule has 0 atom stereocenters. The lowest BCUT2D eigenvalue weighted by molar-refractivity contribution is -0.130. The van der Waals surface area contributed by atoms with Crippen LogP contribution in [0.15, 0.2) is 0 Å². The Morgan fingerprint density at radius 2 is 1.92 bits per heavy atom. The van der Waals surface area contributed by atoms with Crippen LogP contribution in [0.1, 0.15) is 33.6 Å². The third-order valence-corrected chi connectivity index (χ3v) is 2.10. The van der Waals surface area contributed by atoms with E-state index in [2.05, 4.69) is 5.32 Å². The molecular weight excluding hydrogens is 157 g/mol. The van der Waals surface area contributed by atoms with Gasteiger partial charge in [0.05, 0.1) is 0 Å². The van der Waals surface area contributed by atoms with Crippen LogP contribution in [-0.4, -0.2) is 18.1 Å². The summed E-state index contributed by atoms with van der Waals surface area (Å²) in [6, 6.07) is 0.0757. The van der Waals surface area contributed by atoms with Crippen molar-refractivity contribution in [3.63, 3.8) is 0 Å². The highest BCUT2D eigenvalue weighted by Gasteiger charge is 2.32. The molecule has 1 amide bonds. The Hall–Kier alpha value is -0.600. The van der Waals surface area contributed by atoms with E-state index >= 15 is 0 Å². The first-order chi connectivity index (χ1) is 5.39. The number of alkyl halides is 1. The van der Waals surface area contributed by atoms with E-state index in [0.717, 1.165) is 0 Å². The first kappa shape index (κ1) is 9.49. The Bertz CT molecular complexity index is 179. The summed E-state index contributed by atoms with van der Waals surface area (Å²) in [5, 5.41) is 2.81. The molecule has 0 aromatic rings. The summed E-state index contributed by atoms with van der Waals surface area (Å²) < 4.78 is 12.4. The van der Waals surface area contributed by atoms with Gasteiger partial charge in [0, 0.05) is 11.5 Å². The van der Waals surface area contributed by atoms with Crippen molar-refractivity contribution >= 4 is 5.91 Å². The average Bonchev–Trinajstić information content (AvgIpc) is 1.82. The zero-order chi connectivity index (χ0) is 9.35. The molecule has 0 aromatic heterocycles. The standard InChI is InChI=1S/C9H16FNO/c1-9(2,3)8(12)11-7-4-6(10)5-7/h6-7H,4-5H2,1-3H3,(H,11,12). The second kappa shape index (κ2) is 3.04. The Kier molecular flexibility index (Phi) is 2.40. The number of carbonyl (C=O) groups excluding carboxylic acids is 1. The summed E-state index contributed by atoms with van der Waals surface area (Å²) >= 11 is 0. The minimum atomic E-state index is -0.699. The molecule has 0 spiro atoms. The highest BCUT2D eigenvalue weighted by molar-refractivity contribution is 5.81. The van der Waals surface area contributed by atoms with E-state index < -0.39 is 6.17 Å². The molecule has 70 valence electrons. The van der Waals surface area contributed by atoms with Crippen LogP contribution in [0.4, 0.5) is 4.39 Å². The molecule has 1 saturated carbocycles. The molecule has 0 unspecified atom stereocenters. The van der Waals surface area contributed by atoms with E-state index in [1.807, 2.05) is 20.8 Å². The maximum absolute atomic E-state index is 12.4. The lowest BCUT2D eigenvalue weighted by atomic mass is 9.88. The zero-order valence-corrected chi connectivity index (χ0v) is 7.86. The monoisotopic (exact) mass is 173 g/mol. The summed E-state index contributed by atoms with van der Waals surface area (Å²) in [7, 11) is 0. The van der Waals surface area contributed by atoms with Crippen molar-refractivity contribution in [1.82, 2.24) is 5.32 Å². The van der Waals surface area contributed by atoms with Gasteiger partial charge < -0.3 is 5.32 Å². The smallest absolute Gasteiger partial charge is 0.225 e. The first-order valence-corrected chi connectivity index (χ1v) is 4.34. The van der Waals surface area contributed by atoms with Gasteiger partial charge in [0.1, 0.15) is 6.17 Å². The van der Waals surface area contributed by atoms with Crippen LogP contribution in [0.25, 0.3) is 0 Å². The first-order valence-electron chi connectivity index (χ1n) is 4.34. The van der Waals surface area contributed by atoms with Crippen LogP contribution < -0.4 is 5.32 Å². The summed E-state index contributed by atoms with van der Waals surface area (Å²) in [4.78, 5) is 11.3. The maximum atomic E-state index is 12.4. The number of hydrogen-bond acceptors (Lipinski definition) is 1. The molecule has 12 heavy (non-hydrogen) atoms. The second-order valence-corrected chi connectivity index (χ2v) is 4.49. The molecule has 2 nitrogen and oxygen atoms in total. The van der Waals surface area contributed by atoms with E-state index in [4.69, 9.17) is 0 Å². The van der Waals surface area contributed by atoms with Gasteiger partial charge in [-0.15, -0.1) is 0 Å². The molecule has 0 radical (unpaired) electrons. The van der Waals surface area contributed by atoms with E-state index in [1.165, 1.54) is 0 Å². The Balaban J connectivity index is 2.28. The number of carbonyl (C=O) groups is 1. The highest BCUT2D eigenvalue weighted by Crippen LogP contribution is 2.24. The van der Waals surface area contributed by atoms with Gasteiger partial charge in [-0.25, -0.2) is 4.39 Å². The Morgan fingerprint density at radius 3 is 2.25 bits per heavy atom. The fourth-order valence-electron chi connectivity index (χ4n) is 1.07. The molecule has 0 heterocycles. The highest BCUT2D eigenvalue weighted by atomic mass is 19.1. The van der Waals surface area contributed by atoms with Crippen molar-refractivity contribution in [3.8, 4) is 0 Å². The van der Waals surface area contributed by atoms with Crippen molar-refractivity contribution in [3.05, 3.63) is 0 Å². The molecule has 0 aliphatic heterocycles. The number of nitrogens with one attached hydrogen (secondary N) is 1. The molecule has 3 heteroatoms. The lowest BCUT2D eigenvalue weighted by Crippen LogP contribution is -2.48. The van der Waals surface area contributed by atoms with Crippen molar-refractivity contribution in [1.29, 1.82) is 0 Å². The average molecular weight is 173 g/mol. The predicted octanol–water partition coefficient (Wildman–Crippen LogP) is 1.65. The number of amides is 1. The van der Waals surface area contributed by atoms with Crippen LogP contribution in [0, 0.1) is 5.41 Å². The van der Waals surface area contributed by atoms with Crippen molar-refractivity contribution in [2.24, 2.45) is 5.41 Å². The third kappa shape index (κ3) is 2.19. The SMILES string of the molecule is CC(C)(C)C(=O)NC1CC(F)C1. The molecule has 1 rings (SSSR count). The predicted molar refractivity (Wildman–Crippen MR) is 45.5 cm³/mol. The summed E-state index contributed by atoms with van der Waals surface area (Å²) in [5.41, 5.74) is -0.360. The van der Waals surface area contributed by atoms with Crippen LogP contribution in [-0.2, 0) is 4.79 Å². The van der Waals surface area contributed by atoms with E-state index in [9.17, 15) is 9.18 Å². The van der Waals surface area contributed by atoms with Gasteiger partial charge in [-0.1, -0.05) is 20.8 Å². The second-order valence-electron chi connectivity index (χ2n) is 4.49. The lowest BCUT2D eigenvalue weighted by Gasteiger charge is -2.32. The van der Waals surface area contributed by atoms with E-state index in [1.54, 1.807) is 0 Å². The molecule has 0 saturated heterocycles. The molecule has 1 N–H and O–H groups in total. The molecule has 1 aliphatic rings. The summed E-state index contributed by atoms with van der Waals surface area (Å²) in [6.45, 7) is 5.57. The molecular formula is C9H16FNO. The van der Waals surface area contributed by atoms with E-state index in [-0.39, 0.29) is 17.4 Å². The molecule has 0 aromatic carbocycles. The van der Waals surface area contributed by atoms with Crippen LogP contribution >= 0.6 is 0 Å². The van der Waals surface area contributed by atoms with Crippen LogP contribution in [0.2, 0.25) is 0 Å².